The maximum atomic E-state index is 11.1. The molecule has 3 atom stereocenters. The second-order valence-corrected chi connectivity index (χ2v) is 5.94. The summed E-state index contributed by atoms with van der Waals surface area (Å²) < 4.78 is 0. The van der Waals surface area contributed by atoms with Gasteiger partial charge in [-0.15, -0.1) is 0 Å². The Morgan fingerprint density at radius 3 is 2.94 bits per heavy atom. The molecule has 1 saturated heterocycles. The van der Waals surface area contributed by atoms with Crippen LogP contribution in [0.3, 0.4) is 0 Å². The molecule has 3 nitrogen and oxygen atoms in total. The van der Waals surface area contributed by atoms with E-state index >= 15 is 0 Å². The van der Waals surface area contributed by atoms with E-state index in [1.807, 2.05) is 12.2 Å². The van der Waals surface area contributed by atoms with Gasteiger partial charge in [-0.1, -0.05) is 25.2 Å². The van der Waals surface area contributed by atoms with Gasteiger partial charge >= 0.3 is 5.97 Å². The lowest BCUT2D eigenvalue weighted by atomic mass is 9.68. The zero-order valence-corrected chi connectivity index (χ0v) is 11.3. The number of aliphatic carboxylic acids is 1. The van der Waals surface area contributed by atoms with Crippen LogP contribution < -0.4 is 5.32 Å². The SMILES string of the molecule is CC1CC[C@H](C2(C)C=C(C(=O)O)C=CC2)CCN1. The van der Waals surface area contributed by atoms with Gasteiger partial charge in [0.05, 0.1) is 5.57 Å². The van der Waals surface area contributed by atoms with E-state index in [0.717, 1.165) is 19.4 Å². The lowest BCUT2D eigenvalue weighted by Crippen LogP contribution is -2.28. The van der Waals surface area contributed by atoms with Gasteiger partial charge in [0.25, 0.3) is 0 Å². The van der Waals surface area contributed by atoms with Gasteiger partial charge in [-0.3, -0.25) is 0 Å². The maximum absolute atomic E-state index is 11.1. The molecule has 0 spiro atoms. The highest BCUT2D eigenvalue weighted by Crippen LogP contribution is 2.42. The molecular weight excluding hydrogens is 226 g/mol. The van der Waals surface area contributed by atoms with Crippen molar-refractivity contribution in [2.45, 2.75) is 45.6 Å². The average Bonchev–Trinajstić information content (AvgIpc) is 2.54. The molecule has 3 heteroatoms. The van der Waals surface area contributed by atoms with E-state index in [0.29, 0.717) is 17.5 Å². The predicted molar refractivity (Wildman–Crippen MR) is 72.4 cm³/mol. The van der Waals surface area contributed by atoms with E-state index in [1.165, 1.54) is 12.8 Å². The fourth-order valence-electron chi connectivity index (χ4n) is 3.18. The van der Waals surface area contributed by atoms with Crippen LogP contribution in [0.1, 0.15) is 39.5 Å². The van der Waals surface area contributed by atoms with Crippen LogP contribution >= 0.6 is 0 Å². The molecule has 2 rings (SSSR count). The Morgan fingerprint density at radius 2 is 2.22 bits per heavy atom. The van der Waals surface area contributed by atoms with E-state index < -0.39 is 5.97 Å². The zero-order valence-electron chi connectivity index (χ0n) is 11.3. The monoisotopic (exact) mass is 249 g/mol. The van der Waals surface area contributed by atoms with Crippen LogP contribution in [0.15, 0.2) is 23.8 Å². The number of hydrogen-bond donors (Lipinski definition) is 2. The van der Waals surface area contributed by atoms with E-state index in [1.54, 1.807) is 6.08 Å². The molecule has 0 aromatic carbocycles. The highest BCUT2D eigenvalue weighted by atomic mass is 16.4. The Hall–Kier alpha value is -1.09. The minimum atomic E-state index is -0.808. The van der Waals surface area contributed by atoms with Crippen molar-refractivity contribution in [3.8, 4) is 0 Å². The summed E-state index contributed by atoms with van der Waals surface area (Å²) in [5.74, 6) is -0.230. The standard InChI is InChI=1S/C15H23NO2/c1-11-5-6-13(7-9-16-11)15(2)8-3-4-12(10-15)14(17)18/h3-4,10-11,13,16H,5-9H2,1-2H3,(H,17,18)/t11?,13-,15?/m0/s1. The molecule has 0 bridgehead atoms. The Morgan fingerprint density at radius 1 is 1.44 bits per heavy atom. The van der Waals surface area contributed by atoms with Gasteiger partial charge < -0.3 is 10.4 Å². The molecule has 1 heterocycles. The first-order chi connectivity index (χ1) is 8.51. The second-order valence-electron chi connectivity index (χ2n) is 5.94. The van der Waals surface area contributed by atoms with Gasteiger partial charge in [0.15, 0.2) is 0 Å². The fraction of sp³-hybridized carbons (Fsp3) is 0.667. The third-order valence-electron chi connectivity index (χ3n) is 4.45. The van der Waals surface area contributed by atoms with Gasteiger partial charge in [-0.2, -0.15) is 0 Å². The van der Waals surface area contributed by atoms with Crippen LogP contribution in [-0.4, -0.2) is 23.7 Å². The summed E-state index contributed by atoms with van der Waals surface area (Å²) in [6, 6.07) is 0.584. The smallest absolute Gasteiger partial charge is 0.335 e. The van der Waals surface area contributed by atoms with Gasteiger partial charge in [0.2, 0.25) is 0 Å². The normalized spacial score (nSPS) is 36.9. The molecular formula is C15H23NO2. The lowest BCUT2D eigenvalue weighted by molar-refractivity contribution is -0.132. The van der Waals surface area contributed by atoms with Crippen molar-refractivity contribution in [3.63, 3.8) is 0 Å². The van der Waals surface area contributed by atoms with Crippen molar-refractivity contribution >= 4 is 5.97 Å². The van der Waals surface area contributed by atoms with Crippen LogP contribution in [0, 0.1) is 11.3 Å². The van der Waals surface area contributed by atoms with E-state index in [2.05, 4.69) is 19.2 Å². The fourth-order valence-corrected chi connectivity index (χ4v) is 3.18. The van der Waals surface area contributed by atoms with Crippen LogP contribution in [-0.2, 0) is 4.79 Å². The molecule has 2 unspecified atom stereocenters. The average molecular weight is 249 g/mol. The number of rotatable bonds is 2. The number of hydrogen-bond acceptors (Lipinski definition) is 2. The number of carbonyl (C=O) groups is 1. The summed E-state index contributed by atoms with van der Waals surface area (Å²) in [4.78, 5) is 11.1. The maximum Gasteiger partial charge on any atom is 0.335 e. The number of carboxylic acids is 1. The minimum Gasteiger partial charge on any atom is -0.478 e. The topological polar surface area (TPSA) is 49.3 Å². The molecule has 100 valence electrons. The van der Waals surface area contributed by atoms with Crippen molar-refractivity contribution in [2.75, 3.05) is 6.54 Å². The van der Waals surface area contributed by atoms with Crippen molar-refractivity contribution in [2.24, 2.45) is 11.3 Å². The molecule has 0 aromatic heterocycles. The van der Waals surface area contributed by atoms with Crippen molar-refractivity contribution in [1.82, 2.24) is 5.32 Å². The summed E-state index contributed by atoms with van der Waals surface area (Å²) in [6.45, 7) is 5.48. The van der Waals surface area contributed by atoms with Crippen LogP contribution in [0.4, 0.5) is 0 Å². The van der Waals surface area contributed by atoms with Crippen LogP contribution in [0.5, 0.6) is 0 Å². The first kappa shape index (κ1) is 13.3. The summed E-state index contributed by atoms with van der Waals surface area (Å²) in [5.41, 5.74) is 0.461. The molecule has 1 fully saturated rings. The highest BCUT2D eigenvalue weighted by molar-refractivity contribution is 5.90. The minimum absolute atomic E-state index is 0.00815. The Bertz CT molecular complexity index is 386. The van der Waals surface area contributed by atoms with Gasteiger partial charge in [0.1, 0.15) is 0 Å². The molecule has 18 heavy (non-hydrogen) atoms. The lowest BCUT2D eigenvalue weighted by Gasteiger charge is -2.36. The third-order valence-corrected chi connectivity index (χ3v) is 4.45. The van der Waals surface area contributed by atoms with Crippen LogP contribution in [0.2, 0.25) is 0 Å². The Kier molecular flexibility index (Phi) is 3.91. The molecule has 0 amide bonds. The van der Waals surface area contributed by atoms with Crippen molar-refractivity contribution in [3.05, 3.63) is 23.8 Å². The number of allylic oxidation sites excluding steroid dienone is 2. The number of nitrogens with one attached hydrogen (secondary N) is 1. The van der Waals surface area contributed by atoms with Gasteiger partial charge in [-0.25, -0.2) is 4.79 Å². The highest BCUT2D eigenvalue weighted by Gasteiger charge is 2.34. The van der Waals surface area contributed by atoms with Gasteiger partial charge in [0, 0.05) is 6.04 Å². The zero-order chi connectivity index (χ0) is 13.2. The summed E-state index contributed by atoms with van der Waals surface area (Å²) in [5, 5.41) is 12.6. The van der Waals surface area contributed by atoms with Crippen LogP contribution in [0.25, 0.3) is 0 Å². The molecule has 2 N–H and O–H groups in total. The van der Waals surface area contributed by atoms with E-state index in [9.17, 15) is 4.79 Å². The molecule has 2 aliphatic rings. The van der Waals surface area contributed by atoms with Gasteiger partial charge in [-0.05, 0) is 50.5 Å². The summed E-state index contributed by atoms with van der Waals surface area (Å²) in [6.07, 6.45) is 10.2. The quantitative estimate of drug-likeness (QED) is 0.791. The van der Waals surface area contributed by atoms with Crippen molar-refractivity contribution < 1.29 is 9.90 Å². The number of carboxylic acid groups (broad SMARTS) is 1. The first-order valence-corrected chi connectivity index (χ1v) is 6.87. The van der Waals surface area contributed by atoms with E-state index in [-0.39, 0.29) is 5.41 Å². The van der Waals surface area contributed by atoms with Crippen molar-refractivity contribution in [1.29, 1.82) is 0 Å². The Labute approximate surface area is 109 Å². The molecule has 0 radical (unpaired) electrons. The largest absolute Gasteiger partial charge is 0.478 e. The summed E-state index contributed by atoms with van der Waals surface area (Å²) >= 11 is 0. The molecule has 0 saturated carbocycles. The molecule has 1 aliphatic carbocycles. The van der Waals surface area contributed by atoms with E-state index in [4.69, 9.17) is 5.11 Å². The third kappa shape index (κ3) is 2.83. The first-order valence-electron chi connectivity index (χ1n) is 6.87. The molecule has 1 aliphatic heterocycles. The second kappa shape index (κ2) is 5.27. The predicted octanol–water partition coefficient (Wildman–Crippen LogP) is 2.74. The molecule has 0 aromatic rings. The summed E-state index contributed by atoms with van der Waals surface area (Å²) in [7, 11) is 0. The Balaban J connectivity index is 2.15.